The molecule has 0 aliphatic carbocycles. The van der Waals surface area contributed by atoms with Crippen LogP contribution < -0.4 is 0 Å². The minimum absolute atomic E-state index is 0.0456. The van der Waals surface area contributed by atoms with E-state index >= 15 is 0 Å². The molecule has 0 aromatic heterocycles. The lowest BCUT2D eigenvalue weighted by Gasteiger charge is -2.23. The molecule has 3 unspecified atom stereocenters. The first-order chi connectivity index (χ1) is 30.3. The average Bonchev–Trinajstić information content (AvgIpc) is 3.78. The van der Waals surface area contributed by atoms with E-state index in [1.807, 2.05) is 0 Å². The van der Waals surface area contributed by atoms with E-state index in [2.05, 4.69) is 32.6 Å². The first-order valence-electron chi connectivity index (χ1n) is 26.8. The zero-order valence-corrected chi connectivity index (χ0v) is 41.1. The third-order valence-corrected chi connectivity index (χ3v) is 12.5. The number of nitrogens with zero attached hydrogens (tertiary/aromatic N) is 1. The van der Waals surface area contributed by atoms with Crippen LogP contribution >= 0.6 is 0 Å². The van der Waals surface area contributed by atoms with Gasteiger partial charge in [-0.15, -0.1) is 0 Å². The van der Waals surface area contributed by atoms with Crippen LogP contribution in [0.5, 0.6) is 0 Å². The van der Waals surface area contributed by atoms with Crippen LogP contribution in [0.25, 0.3) is 0 Å². The van der Waals surface area contributed by atoms with E-state index in [1.165, 1.54) is 103 Å². The van der Waals surface area contributed by atoms with Gasteiger partial charge >= 0.3 is 23.9 Å². The van der Waals surface area contributed by atoms with Gasteiger partial charge in [-0.3, -0.25) is 24.1 Å². The third kappa shape index (κ3) is 36.2. The molecular weight excluding hydrogens is 779 g/mol. The minimum atomic E-state index is -0.479. The zero-order valence-electron chi connectivity index (χ0n) is 41.1. The van der Waals surface area contributed by atoms with Gasteiger partial charge < -0.3 is 18.9 Å². The van der Waals surface area contributed by atoms with E-state index in [0.29, 0.717) is 45.1 Å². The van der Waals surface area contributed by atoms with Crippen LogP contribution in [0, 0.1) is 0 Å². The Hall–Kier alpha value is -2.16. The minimum Gasteiger partial charge on any atom is -0.462 e. The maximum atomic E-state index is 12.9. The molecule has 0 spiro atoms. The molecule has 1 saturated heterocycles. The normalized spacial score (nSPS) is 14.4. The molecule has 9 heteroatoms. The molecular formula is C53H99NO8. The van der Waals surface area contributed by atoms with Crippen molar-refractivity contribution >= 4 is 23.9 Å². The van der Waals surface area contributed by atoms with Gasteiger partial charge in [0.1, 0.15) is 24.9 Å². The first kappa shape index (κ1) is 57.9. The summed E-state index contributed by atoms with van der Waals surface area (Å²) >= 11 is 0. The largest absolute Gasteiger partial charge is 0.462 e. The predicted octanol–water partition coefficient (Wildman–Crippen LogP) is 14.5. The second-order valence-electron chi connectivity index (χ2n) is 18.7. The summed E-state index contributed by atoms with van der Waals surface area (Å²) in [4.78, 5) is 53.2. The summed E-state index contributed by atoms with van der Waals surface area (Å²) < 4.78 is 23.4. The second-order valence-corrected chi connectivity index (χ2v) is 18.7. The van der Waals surface area contributed by atoms with Crippen molar-refractivity contribution in [3.05, 3.63) is 0 Å². The van der Waals surface area contributed by atoms with Crippen molar-refractivity contribution in [3.63, 3.8) is 0 Å². The molecule has 3 atom stereocenters. The van der Waals surface area contributed by atoms with E-state index in [4.69, 9.17) is 18.9 Å². The van der Waals surface area contributed by atoms with Crippen molar-refractivity contribution in [2.24, 2.45) is 0 Å². The van der Waals surface area contributed by atoms with E-state index in [1.54, 1.807) is 0 Å². The highest BCUT2D eigenvalue weighted by Gasteiger charge is 2.23. The van der Waals surface area contributed by atoms with Crippen LogP contribution in [0.1, 0.15) is 272 Å². The van der Waals surface area contributed by atoms with E-state index in [-0.39, 0.29) is 42.7 Å². The van der Waals surface area contributed by atoms with Gasteiger partial charge in [-0.1, -0.05) is 156 Å². The summed E-state index contributed by atoms with van der Waals surface area (Å²) in [6.45, 7) is 11.5. The fourth-order valence-corrected chi connectivity index (χ4v) is 8.58. The van der Waals surface area contributed by atoms with Gasteiger partial charge in [0.25, 0.3) is 0 Å². The van der Waals surface area contributed by atoms with E-state index in [0.717, 1.165) is 116 Å². The Kier molecular flexibility index (Phi) is 39.9. The van der Waals surface area contributed by atoms with E-state index < -0.39 is 6.10 Å². The van der Waals surface area contributed by atoms with Crippen molar-refractivity contribution in [2.75, 3.05) is 26.2 Å². The molecule has 1 rings (SSSR count). The van der Waals surface area contributed by atoms with Crippen molar-refractivity contribution < 1.29 is 38.1 Å². The quantitative estimate of drug-likeness (QED) is 0.0336. The molecule has 1 fully saturated rings. The summed E-state index contributed by atoms with van der Waals surface area (Å²) in [5.74, 6) is -0.685. The van der Waals surface area contributed by atoms with Gasteiger partial charge in [-0.25, -0.2) is 0 Å². The van der Waals surface area contributed by atoms with E-state index in [9.17, 15) is 19.2 Å². The monoisotopic (exact) mass is 878 g/mol. The van der Waals surface area contributed by atoms with Crippen LogP contribution in [-0.4, -0.2) is 73.3 Å². The Morgan fingerprint density at radius 2 is 0.661 bits per heavy atom. The van der Waals surface area contributed by atoms with Crippen molar-refractivity contribution in [2.45, 2.75) is 290 Å². The number of likely N-dealkylation sites (tertiary alicyclic amines) is 1. The summed E-state index contributed by atoms with van der Waals surface area (Å²) in [5, 5.41) is 0. The lowest BCUT2D eigenvalue weighted by Crippen LogP contribution is -2.37. The molecule has 1 aliphatic rings. The molecule has 62 heavy (non-hydrogen) atoms. The SMILES string of the molecule is CCCCCCCCC(CCCCCC)OC(=O)CCCCCCC(=O)OCC(CN1CCCC1)OC(=O)CCCCCCC(=O)OC(CCCCCC)CCCCCCCC. The average molecular weight is 878 g/mol. The van der Waals surface area contributed by atoms with Gasteiger partial charge in [0.15, 0.2) is 0 Å². The number of esters is 4. The summed E-state index contributed by atoms with van der Waals surface area (Å²) in [5.41, 5.74) is 0. The molecule has 364 valence electrons. The summed E-state index contributed by atoms with van der Waals surface area (Å²) in [6, 6.07) is 0. The Bertz CT molecular complexity index is 1060. The fraction of sp³-hybridized carbons (Fsp3) is 0.925. The molecule has 0 aromatic carbocycles. The van der Waals surface area contributed by atoms with Crippen molar-refractivity contribution in [1.82, 2.24) is 4.90 Å². The molecule has 0 amide bonds. The highest BCUT2D eigenvalue weighted by molar-refractivity contribution is 5.71. The Morgan fingerprint density at radius 1 is 0.371 bits per heavy atom. The highest BCUT2D eigenvalue weighted by atomic mass is 16.6. The number of carbonyl (C=O) groups is 4. The van der Waals surface area contributed by atoms with Gasteiger partial charge in [0.05, 0.1) is 0 Å². The topological polar surface area (TPSA) is 108 Å². The van der Waals surface area contributed by atoms with Crippen LogP contribution in [0.3, 0.4) is 0 Å². The Morgan fingerprint density at radius 3 is 1.03 bits per heavy atom. The third-order valence-electron chi connectivity index (χ3n) is 12.5. The molecule has 0 radical (unpaired) electrons. The second kappa shape index (κ2) is 42.8. The van der Waals surface area contributed by atoms with Gasteiger partial charge in [0, 0.05) is 32.2 Å². The molecule has 1 aliphatic heterocycles. The van der Waals surface area contributed by atoms with Gasteiger partial charge in [0.2, 0.25) is 0 Å². The molecule has 0 N–H and O–H groups in total. The molecule has 1 heterocycles. The molecule has 9 nitrogen and oxygen atoms in total. The van der Waals surface area contributed by atoms with Crippen LogP contribution in [0.2, 0.25) is 0 Å². The van der Waals surface area contributed by atoms with Crippen molar-refractivity contribution in [3.8, 4) is 0 Å². The maximum absolute atomic E-state index is 12.9. The van der Waals surface area contributed by atoms with Crippen LogP contribution in [-0.2, 0) is 38.1 Å². The van der Waals surface area contributed by atoms with Crippen molar-refractivity contribution in [1.29, 1.82) is 0 Å². The number of hydrogen-bond acceptors (Lipinski definition) is 9. The Labute approximate surface area is 382 Å². The molecule has 0 aromatic rings. The first-order valence-corrected chi connectivity index (χ1v) is 26.8. The smallest absolute Gasteiger partial charge is 0.306 e. The number of hydrogen-bond donors (Lipinski definition) is 0. The lowest BCUT2D eigenvalue weighted by atomic mass is 10.0. The fourth-order valence-electron chi connectivity index (χ4n) is 8.58. The number of unbranched alkanes of at least 4 members (excludes halogenated alkanes) is 22. The summed E-state index contributed by atoms with van der Waals surface area (Å²) in [6.07, 6.45) is 38.2. The van der Waals surface area contributed by atoms with Crippen LogP contribution in [0.4, 0.5) is 0 Å². The summed E-state index contributed by atoms with van der Waals surface area (Å²) in [7, 11) is 0. The zero-order chi connectivity index (χ0) is 45.1. The van der Waals surface area contributed by atoms with Crippen LogP contribution in [0.15, 0.2) is 0 Å². The highest BCUT2D eigenvalue weighted by Crippen LogP contribution is 2.20. The van der Waals surface area contributed by atoms with Gasteiger partial charge in [-0.05, 0) is 103 Å². The van der Waals surface area contributed by atoms with Gasteiger partial charge in [-0.2, -0.15) is 0 Å². The Balaban J connectivity index is 2.33. The molecule has 0 bridgehead atoms. The molecule has 0 saturated carbocycles. The standard InChI is InChI=1S/C53H99NO8/c1-5-9-13-17-19-27-37-47(35-25-15-11-7-3)60-51(56)40-30-22-21-29-39-50(55)59-46-49(45-54-43-33-34-44-54)62-53(58)42-32-24-23-31-41-52(57)61-48(36-26-16-12-8-4)38-28-20-18-14-10-6-2/h47-49H,5-46H2,1-4H3. The lowest BCUT2D eigenvalue weighted by molar-refractivity contribution is -0.160. The predicted molar refractivity (Wildman–Crippen MR) is 255 cm³/mol. The number of carbonyl (C=O) groups excluding carboxylic acids is 4. The number of rotatable bonds is 45. The maximum Gasteiger partial charge on any atom is 0.306 e. The number of ether oxygens (including phenoxy) is 4.